The zero-order chi connectivity index (χ0) is 12.4. The van der Waals surface area contributed by atoms with Gasteiger partial charge in [0.05, 0.1) is 38.8 Å². The minimum absolute atomic E-state index is 0.0631. The Morgan fingerprint density at radius 1 is 1.06 bits per heavy atom. The second-order valence-corrected chi connectivity index (χ2v) is 4.55. The lowest BCUT2D eigenvalue weighted by molar-refractivity contribution is -0.101. The minimum Gasteiger partial charge on any atom is -0.378 e. The Hall–Kier alpha value is -0.250. The van der Waals surface area contributed by atoms with Gasteiger partial charge in [-0.3, -0.25) is 4.55 Å². The molecule has 0 aromatic rings. The molecular formula is C8H18O7S. The van der Waals surface area contributed by atoms with Crippen molar-refractivity contribution in [2.75, 3.05) is 38.8 Å². The van der Waals surface area contributed by atoms with Crippen molar-refractivity contribution in [2.24, 2.45) is 0 Å². The fourth-order valence-corrected chi connectivity index (χ4v) is 1.09. The molecule has 8 heteroatoms. The normalized spacial score (nSPS) is 13.9. The van der Waals surface area contributed by atoms with Gasteiger partial charge in [-0.25, -0.2) is 0 Å². The third-order valence-electron chi connectivity index (χ3n) is 1.44. The highest BCUT2D eigenvalue weighted by molar-refractivity contribution is 7.85. The van der Waals surface area contributed by atoms with Gasteiger partial charge in [0.2, 0.25) is 0 Å². The molecule has 1 unspecified atom stereocenters. The lowest BCUT2D eigenvalue weighted by Gasteiger charge is -2.07. The van der Waals surface area contributed by atoms with E-state index >= 15 is 0 Å². The number of hydrogen-bond acceptors (Lipinski definition) is 6. The number of aliphatic hydroxyl groups is 1. The summed E-state index contributed by atoms with van der Waals surface area (Å²) in [5.41, 5.74) is 0. The predicted molar refractivity (Wildman–Crippen MR) is 55.7 cm³/mol. The van der Waals surface area contributed by atoms with Crippen molar-refractivity contribution in [2.45, 2.75) is 13.2 Å². The van der Waals surface area contributed by atoms with E-state index < -0.39 is 22.2 Å². The van der Waals surface area contributed by atoms with Crippen molar-refractivity contribution >= 4 is 10.1 Å². The van der Waals surface area contributed by atoms with Crippen molar-refractivity contribution in [1.29, 1.82) is 0 Å². The molecule has 0 aliphatic carbocycles. The number of rotatable bonds is 10. The van der Waals surface area contributed by atoms with Gasteiger partial charge in [0, 0.05) is 0 Å². The molecule has 0 aliphatic heterocycles. The van der Waals surface area contributed by atoms with Crippen LogP contribution in [0.15, 0.2) is 0 Å². The molecule has 0 aliphatic rings. The molecule has 2 N–H and O–H groups in total. The summed E-state index contributed by atoms with van der Waals surface area (Å²) in [6, 6.07) is 0. The largest absolute Gasteiger partial charge is 0.378 e. The molecule has 0 spiro atoms. The van der Waals surface area contributed by atoms with Crippen molar-refractivity contribution in [3.05, 3.63) is 0 Å². The van der Waals surface area contributed by atoms with Crippen LogP contribution in [0.1, 0.15) is 6.92 Å². The zero-order valence-corrected chi connectivity index (χ0v) is 9.98. The van der Waals surface area contributed by atoms with Gasteiger partial charge in [0.25, 0.3) is 10.1 Å². The van der Waals surface area contributed by atoms with Crippen LogP contribution in [-0.4, -0.2) is 63.2 Å². The van der Waals surface area contributed by atoms with Gasteiger partial charge < -0.3 is 19.3 Å². The second-order valence-electron chi connectivity index (χ2n) is 2.98. The van der Waals surface area contributed by atoms with E-state index in [1.54, 1.807) is 0 Å². The SMILES string of the molecule is CC(O)OCCOCCOCCS(=O)(=O)O. The van der Waals surface area contributed by atoms with Crippen LogP contribution in [0.2, 0.25) is 0 Å². The summed E-state index contributed by atoms with van der Waals surface area (Å²) in [6.45, 7) is 2.58. The van der Waals surface area contributed by atoms with E-state index in [4.69, 9.17) is 23.9 Å². The van der Waals surface area contributed by atoms with Crippen LogP contribution in [0.3, 0.4) is 0 Å². The Morgan fingerprint density at radius 3 is 2.06 bits per heavy atom. The molecule has 0 fully saturated rings. The van der Waals surface area contributed by atoms with E-state index in [-0.39, 0.29) is 19.8 Å². The lowest BCUT2D eigenvalue weighted by atomic mass is 10.7. The maximum absolute atomic E-state index is 10.3. The molecule has 1 atom stereocenters. The third kappa shape index (κ3) is 13.8. The molecule has 7 nitrogen and oxygen atoms in total. The molecule has 0 aromatic heterocycles. The first-order valence-corrected chi connectivity index (χ1v) is 6.43. The first-order valence-electron chi connectivity index (χ1n) is 4.82. The van der Waals surface area contributed by atoms with Crippen LogP contribution in [-0.2, 0) is 24.3 Å². The average molecular weight is 258 g/mol. The summed E-state index contributed by atoms with van der Waals surface area (Å²) >= 11 is 0. The Kier molecular flexibility index (Phi) is 8.71. The van der Waals surface area contributed by atoms with Gasteiger partial charge in [-0.15, -0.1) is 0 Å². The summed E-state index contributed by atoms with van der Waals surface area (Å²) < 4.78 is 43.6. The quantitative estimate of drug-likeness (QED) is 0.302. The van der Waals surface area contributed by atoms with E-state index in [1.165, 1.54) is 6.92 Å². The maximum Gasteiger partial charge on any atom is 0.267 e. The van der Waals surface area contributed by atoms with Gasteiger partial charge in [-0.2, -0.15) is 8.42 Å². The number of hydrogen-bond donors (Lipinski definition) is 2. The standard InChI is InChI=1S/C8H18O7S/c1-8(9)15-5-4-13-2-3-14-6-7-16(10,11)12/h8-9H,2-7H2,1H3,(H,10,11,12). The first-order chi connectivity index (χ1) is 7.42. The van der Waals surface area contributed by atoms with E-state index in [9.17, 15) is 8.42 Å². The van der Waals surface area contributed by atoms with E-state index in [0.29, 0.717) is 13.2 Å². The fraction of sp³-hybridized carbons (Fsp3) is 1.00. The van der Waals surface area contributed by atoms with Crippen LogP contribution in [0.25, 0.3) is 0 Å². The molecule has 0 bridgehead atoms. The van der Waals surface area contributed by atoms with Crippen LogP contribution in [0.4, 0.5) is 0 Å². The van der Waals surface area contributed by atoms with Crippen molar-refractivity contribution in [1.82, 2.24) is 0 Å². The zero-order valence-electron chi connectivity index (χ0n) is 9.16. The van der Waals surface area contributed by atoms with Crippen molar-refractivity contribution in [3.63, 3.8) is 0 Å². The van der Waals surface area contributed by atoms with Crippen molar-refractivity contribution in [3.8, 4) is 0 Å². The molecule has 0 rings (SSSR count). The number of ether oxygens (including phenoxy) is 3. The Morgan fingerprint density at radius 2 is 1.56 bits per heavy atom. The number of aliphatic hydroxyl groups excluding tert-OH is 1. The smallest absolute Gasteiger partial charge is 0.267 e. The molecule has 0 aromatic carbocycles. The van der Waals surface area contributed by atoms with Crippen molar-refractivity contribution < 1.29 is 32.3 Å². The predicted octanol–water partition coefficient (Wildman–Crippen LogP) is -0.738. The second kappa shape index (κ2) is 8.85. The van der Waals surface area contributed by atoms with E-state index in [0.717, 1.165) is 0 Å². The molecule has 0 radical (unpaired) electrons. The van der Waals surface area contributed by atoms with Gasteiger partial charge in [-0.1, -0.05) is 0 Å². The average Bonchev–Trinajstić information content (AvgIpc) is 2.13. The Bertz CT molecular complexity index is 249. The molecule has 0 saturated heterocycles. The Balaban J connectivity index is 3.10. The molecule has 0 amide bonds. The Labute approximate surface area is 95.1 Å². The van der Waals surface area contributed by atoms with Crippen LogP contribution < -0.4 is 0 Å². The highest BCUT2D eigenvalue weighted by atomic mass is 32.2. The molecular weight excluding hydrogens is 240 g/mol. The van der Waals surface area contributed by atoms with Gasteiger partial charge in [-0.05, 0) is 6.92 Å². The summed E-state index contributed by atoms with van der Waals surface area (Å²) in [6.07, 6.45) is -0.811. The van der Waals surface area contributed by atoms with Gasteiger partial charge in [0.1, 0.15) is 0 Å². The fourth-order valence-electron chi connectivity index (χ4n) is 0.764. The topological polar surface area (TPSA) is 102 Å². The van der Waals surface area contributed by atoms with Crippen LogP contribution >= 0.6 is 0 Å². The van der Waals surface area contributed by atoms with E-state index in [1.807, 2.05) is 0 Å². The van der Waals surface area contributed by atoms with Crippen LogP contribution in [0.5, 0.6) is 0 Å². The summed E-state index contributed by atoms with van der Waals surface area (Å²) in [5, 5.41) is 8.72. The van der Waals surface area contributed by atoms with Gasteiger partial charge in [0.15, 0.2) is 6.29 Å². The maximum atomic E-state index is 10.3. The summed E-state index contributed by atoms with van der Waals surface area (Å²) in [5.74, 6) is -0.419. The van der Waals surface area contributed by atoms with Crippen LogP contribution in [0, 0.1) is 0 Å². The van der Waals surface area contributed by atoms with E-state index in [2.05, 4.69) is 0 Å². The highest BCUT2D eigenvalue weighted by Crippen LogP contribution is 1.86. The van der Waals surface area contributed by atoms with Gasteiger partial charge >= 0.3 is 0 Å². The molecule has 0 saturated carbocycles. The first kappa shape index (κ1) is 15.8. The highest BCUT2D eigenvalue weighted by Gasteiger charge is 2.03. The summed E-state index contributed by atoms with van der Waals surface area (Å²) in [4.78, 5) is 0. The molecule has 0 heterocycles. The lowest BCUT2D eigenvalue weighted by Crippen LogP contribution is -2.15. The monoisotopic (exact) mass is 258 g/mol. The third-order valence-corrected chi connectivity index (χ3v) is 2.13. The summed E-state index contributed by atoms with van der Waals surface area (Å²) in [7, 11) is -3.95. The molecule has 16 heavy (non-hydrogen) atoms. The minimum atomic E-state index is -3.95. The molecule has 98 valence electrons.